The van der Waals surface area contributed by atoms with Gasteiger partial charge in [-0.3, -0.25) is 0 Å². The predicted octanol–water partition coefficient (Wildman–Crippen LogP) is 1.47. The third kappa shape index (κ3) is 3.45. The van der Waals surface area contributed by atoms with Gasteiger partial charge in [-0.1, -0.05) is 11.2 Å². The molecule has 2 N–H and O–H groups in total. The molecule has 1 aromatic carbocycles. The van der Waals surface area contributed by atoms with Crippen molar-refractivity contribution >= 4 is 0 Å². The second-order valence-corrected chi connectivity index (χ2v) is 4.05. The molecule has 0 spiro atoms. The average Bonchev–Trinajstić information content (AvgIpc) is 2.83. The first-order valence-electron chi connectivity index (χ1n) is 6.02. The molecule has 0 fully saturated rings. The highest BCUT2D eigenvalue weighted by atomic mass is 16.5. The van der Waals surface area contributed by atoms with Crippen molar-refractivity contribution in [3.63, 3.8) is 0 Å². The highest BCUT2D eigenvalue weighted by Gasteiger charge is 2.08. The van der Waals surface area contributed by atoms with Crippen molar-refractivity contribution in [2.45, 2.75) is 20.0 Å². The minimum Gasteiger partial charge on any atom is -0.493 e. The highest BCUT2D eigenvalue weighted by molar-refractivity contribution is 5.43. The summed E-state index contributed by atoms with van der Waals surface area (Å²) in [5.74, 6) is 2.33. The van der Waals surface area contributed by atoms with Crippen molar-refractivity contribution in [3.8, 4) is 11.5 Å². The fourth-order valence-electron chi connectivity index (χ4n) is 1.69. The SMILES string of the molecule is COc1cc(CCN)ccc1OCc1nc(C)no1. The molecule has 0 radical (unpaired) electrons. The van der Waals surface area contributed by atoms with Crippen molar-refractivity contribution in [1.82, 2.24) is 10.1 Å². The van der Waals surface area contributed by atoms with Gasteiger partial charge in [-0.15, -0.1) is 0 Å². The fraction of sp³-hybridized carbons (Fsp3) is 0.385. The number of hydrogen-bond donors (Lipinski definition) is 1. The molecule has 0 aliphatic rings. The van der Waals surface area contributed by atoms with Gasteiger partial charge in [-0.25, -0.2) is 0 Å². The third-order valence-corrected chi connectivity index (χ3v) is 2.58. The molecule has 102 valence electrons. The van der Waals surface area contributed by atoms with E-state index >= 15 is 0 Å². The molecule has 2 rings (SSSR count). The lowest BCUT2D eigenvalue weighted by molar-refractivity contribution is 0.233. The van der Waals surface area contributed by atoms with Gasteiger partial charge < -0.3 is 19.7 Å². The summed E-state index contributed by atoms with van der Waals surface area (Å²) < 4.78 is 15.9. The van der Waals surface area contributed by atoms with Crippen LogP contribution in [0.2, 0.25) is 0 Å². The molecule has 0 aliphatic heterocycles. The standard InChI is InChI=1S/C13H17N3O3/c1-9-15-13(19-16-9)8-18-11-4-3-10(5-6-14)7-12(11)17-2/h3-4,7H,5-6,8,14H2,1-2H3. The Morgan fingerprint density at radius 2 is 2.16 bits per heavy atom. The zero-order chi connectivity index (χ0) is 13.7. The van der Waals surface area contributed by atoms with Crippen LogP contribution in [0.4, 0.5) is 0 Å². The van der Waals surface area contributed by atoms with E-state index in [1.165, 1.54) is 0 Å². The lowest BCUT2D eigenvalue weighted by Crippen LogP contribution is -2.03. The average molecular weight is 263 g/mol. The molecule has 0 atom stereocenters. The number of ether oxygens (including phenoxy) is 2. The summed E-state index contributed by atoms with van der Waals surface area (Å²) in [4.78, 5) is 4.07. The molecular weight excluding hydrogens is 246 g/mol. The minimum absolute atomic E-state index is 0.216. The first kappa shape index (κ1) is 13.4. The summed E-state index contributed by atoms with van der Waals surface area (Å²) in [6.45, 7) is 2.58. The van der Waals surface area contributed by atoms with Gasteiger partial charge in [-0.2, -0.15) is 4.98 Å². The lowest BCUT2D eigenvalue weighted by Gasteiger charge is -2.10. The molecule has 2 aromatic rings. The largest absolute Gasteiger partial charge is 0.493 e. The van der Waals surface area contributed by atoms with E-state index in [1.54, 1.807) is 14.0 Å². The molecule has 0 saturated carbocycles. The maximum Gasteiger partial charge on any atom is 0.264 e. The number of methoxy groups -OCH3 is 1. The Kier molecular flexibility index (Phi) is 4.35. The van der Waals surface area contributed by atoms with Crippen LogP contribution < -0.4 is 15.2 Å². The van der Waals surface area contributed by atoms with Crippen LogP contribution in [0.15, 0.2) is 22.7 Å². The Balaban J connectivity index is 2.06. The Morgan fingerprint density at radius 1 is 1.32 bits per heavy atom. The topological polar surface area (TPSA) is 83.4 Å². The van der Waals surface area contributed by atoms with E-state index < -0.39 is 0 Å². The molecule has 0 saturated heterocycles. The van der Waals surface area contributed by atoms with Crippen molar-refractivity contribution in [3.05, 3.63) is 35.5 Å². The van der Waals surface area contributed by atoms with Crippen molar-refractivity contribution in [2.75, 3.05) is 13.7 Å². The van der Waals surface area contributed by atoms with Gasteiger partial charge in [0.25, 0.3) is 5.89 Å². The summed E-state index contributed by atoms with van der Waals surface area (Å²) >= 11 is 0. The number of hydrogen-bond acceptors (Lipinski definition) is 6. The fourth-order valence-corrected chi connectivity index (χ4v) is 1.69. The van der Waals surface area contributed by atoms with E-state index in [0.717, 1.165) is 12.0 Å². The Morgan fingerprint density at radius 3 is 2.79 bits per heavy atom. The van der Waals surface area contributed by atoms with E-state index in [1.807, 2.05) is 18.2 Å². The molecule has 0 aliphatic carbocycles. The van der Waals surface area contributed by atoms with Gasteiger partial charge in [0.2, 0.25) is 0 Å². The number of benzene rings is 1. The molecule has 0 unspecified atom stereocenters. The summed E-state index contributed by atoms with van der Waals surface area (Å²) in [7, 11) is 1.60. The van der Waals surface area contributed by atoms with Crippen LogP contribution in [0.25, 0.3) is 0 Å². The summed E-state index contributed by atoms with van der Waals surface area (Å²) in [6.07, 6.45) is 0.805. The molecule has 6 nitrogen and oxygen atoms in total. The Hall–Kier alpha value is -2.08. The van der Waals surface area contributed by atoms with Crippen LogP contribution in [0.3, 0.4) is 0 Å². The van der Waals surface area contributed by atoms with Gasteiger partial charge >= 0.3 is 0 Å². The lowest BCUT2D eigenvalue weighted by atomic mass is 10.1. The van der Waals surface area contributed by atoms with Crippen LogP contribution in [-0.2, 0) is 13.0 Å². The van der Waals surface area contributed by atoms with Gasteiger partial charge in [0.1, 0.15) is 0 Å². The summed E-state index contributed by atoms with van der Waals surface area (Å²) in [5.41, 5.74) is 6.64. The van der Waals surface area contributed by atoms with Gasteiger partial charge in [-0.05, 0) is 37.6 Å². The van der Waals surface area contributed by atoms with Crippen molar-refractivity contribution in [2.24, 2.45) is 5.73 Å². The third-order valence-electron chi connectivity index (χ3n) is 2.58. The van der Waals surface area contributed by atoms with Gasteiger partial charge in [0, 0.05) is 0 Å². The molecular formula is C13H17N3O3. The van der Waals surface area contributed by atoms with Crippen LogP contribution >= 0.6 is 0 Å². The number of aryl methyl sites for hydroxylation is 1. The molecule has 1 aromatic heterocycles. The van der Waals surface area contributed by atoms with E-state index in [-0.39, 0.29) is 6.61 Å². The Bertz CT molecular complexity index is 540. The summed E-state index contributed by atoms with van der Waals surface area (Å²) in [5, 5.41) is 3.70. The van der Waals surface area contributed by atoms with E-state index in [4.69, 9.17) is 19.7 Å². The molecule has 0 bridgehead atoms. The number of nitrogens with zero attached hydrogens (tertiary/aromatic N) is 2. The van der Waals surface area contributed by atoms with Crippen molar-refractivity contribution < 1.29 is 14.0 Å². The van der Waals surface area contributed by atoms with E-state index in [0.29, 0.717) is 29.8 Å². The maximum atomic E-state index is 5.61. The Labute approximate surface area is 111 Å². The quantitative estimate of drug-likeness (QED) is 0.849. The van der Waals surface area contributed by atoms with Crippen LogP contribution in [0.5, 0.6) is 11.5 Å². The molecule has 6 heteroatoms. The first-order chi connectivity index (χ1) is 9.22. The van der Waals surface area contributed by atoms with Crippen LogP contribution in [0.1, 0.15) is 17.3 Å². The smallest absolute Gasteiger partial charge is 0.264 e. The molecule has 19 heavy (non-hydrogen) atoms. The molecule has 0 amide bonds. The van der Waals surface area contributed by atoms with E-state index in [2.05, 4.69) is 10.1 Å². The number of aromatic nitrogens is 2. The van der Waals surface area contributed by atoms with Crippen molar-refractivity contribution in [1.29, 1.82) is 0 Å². The van der Waals surface area contributed by atoms with Crippen LogP contribution in [0, 0.1) is 6.92 Å². The second-order valence-electron chi connectivity index (χ2n) is 4.05. The normalized spacial score (nSPS) is 10.5. The van der Waals surface area contributed by atoms with E-state index in [9.17, 15) is 0 Å². The highest BCUT2D eigenvalue weighted by Crippen LogP contribution is 2.28. The van der Waals surface area contributed by atoms with Gasteiger partial charge in [0.15, 0.2) is 23.9 Å². The first-order valence-corrected chi connectivity index (χ1v) is 6.02. The zero-order valence-corrected chi connectivity index (χ0v) is 11.0. The monoisotopic (exact) mass is 263 g/mol. The second kappa shape index (κ2) is 6.19. The molecule has 1 heterocycles. The maximum absolute atomic E-state index is 5.61. The minimum atomic E-state index is 0.216. The number of nitrogens with two attached hydrogens (primary N) is 1. The number of rotatable bonds is 6. The zero-order valence-electron chi connectivity index (χ0n) is 11.0. The predicted molar refractivity (Wildman–Crippen MR) is 69.1 cm³/mol. The summed E-state index contributed by atoms with van der Waals surface area (Å²) in [6, 6.07) is 5.73. The van der Waals surface area contributed by atoms with Crippen LogP contribution in [-0.4, -0.2) is 23.8 Å². The van der Waals surface area contributed by atoms with Gasteiger partial charge in [0.05, 0.1) is 7.11 Å².